The van der Waals surface area contributed by atoms with E-state index in [1.807, 2.05) is 30.3 Å². The Morgan fingerprint density at radius 3 is 2.86 bits per heavy atom. The summed E-state index contributed by atoms with van der Waals surface area (Å²) >= 11 is 0. The third-order valence-corrected chi connectivity index (χ3v) is 1.82. The lowest BCUT2D eigenvalue weighted by Gasteiger charge is -1.97. The van der Waals surface area contributed by atoms with Crippen LogP contribution in [-0.4, -0.2) is 5.91 Å². The first-order valence-corrected chi connectivity index (χ1v) is 4.46. The number of benzene rings is 1. The van der Waals surface area contributed by atoms with Gasteiger partial charge in [-0.15, -0.1) is 0 Å². The van der Waals surface area contributed by atoms with Gasteiger partial charge in [0.1, 0.15) is 0 Å². The van der Waals surface area contributed by atoms with E-state index in [0.29, 0.717) is 6.54 Å². The molecule has 0 aliphatic rings. The third-order valence-electron chi connectivity index (χ3n) is 1.82. The van der Waals surface area contributed by atoms with Gasteiger partial charge in [-0.25, -0.2) is 0 Å². The molecule has 3 heteroatoms. The maximum Gasteiger partial charge on any atom is 0.221 e. The highest BCUT2D eigenvalue weighted by Crippen LogP contribution is 2.06. The number of carbonyl (C=O) groups is 1. The van der Waals surface area contributed by atoms with E-state index in [0.717, 1.165) is 11.1 Å². The maximum atomic E-state index is 10.5. The Morgan fingerprint density at radius 1 is 1.43 bits per heavy atom. The summed E-state index contributed by atoms with van der Waals surface area (Å²) in [4.78, 5) is 10.5. The summed E-state index contributed by atoms with van der Waals surface area (Å²) in [6.07, 6.45) is 3.88. The van der Waals surface area contributed by atoms with Gasteiger partial charge in [0.05, 0.1) is 0 Å². The SMILES string of the molecule is NCc1cccc(C=CCC(N)=O)c1. The molecule has 0 aliphatic heterocycles. The van der Waals surface area contributed by atoms with Crippen molar-refractivity contribution in [3.63, 3.8) is 0 Å². The molecule has 1 amide bonds. The van der Waals surface area contributed by atoms with Gasteiger partial charge in [-0.3, -0.25) is 4.79 Å². The summed E-state index contributed by atoms with van der Waals surface area (Å²) < 4.78 is 0. The van der Waals surface area contributed by atoms with Crippen molar-refractivity contribution in [2.75, 3.05) is 0 Å². The fourth-order valence-corrected chi connectivity index (χ4v) is 1.13. The molecule has 0 saturated heterocycles. The molecular weight excluding hydrogens is 176 g/mol. The van der Waals surface area contributed by atoms with E-state index in [4.69, 9.17) is 11.5 Å². The van der Waals surface area contributed by atoms with Crippen molar-refractivity contribution in [1.82, 2.24) is 0 Å². The van der Waals surface area contributed by atoms with E-state index in [9.17, 15) is 4.79 Å². The van der Waals surface area contributed by atoms with E-state index < -0.39 is 0 Å². The number of nitrogens with two attached hydrogens (primary N) is 2. The molecule has 4 N–H and O–H groups in total. The smallest absolute Gasteiger partial charge is 0.221 e. The second kappa shape index (κ2) is 5.19. The molecule has 1 rings (SSSR count). The number of amides is 1. The Balaban J connectivity index is 2.66. The largest absolute Gasteiger partial charge is 0.369 e. The van der Waals surface area contributed by atoms with Gasteiger partial charge in [0.15, 0.2) is 0 Å². The predicted octanol–water partition coefficient (Wildman–Crippen LogP) is 1.03. The van der Waals surface area contributed by atoms with Crippen LogP contribution in [0.4, 0.5) is 0 Å². The van der Waals surface area contributed by atoms with Gasteiger partial charge in [0.25, 0.3) is 0 Å². The first kappa shape index (κ1) is 10.5. The molecule has 0 radical (unpaired) electrons. The molecule has 0 aliphatic carbocycles. The fourth-order valence-electron chi connectivity index (χ4n) is 1.13. The molecule has 0 saturated carbocycles. The molecule has 0 unspecified atom stereocenters. The Hall–Kier alpha value is -1.61. The van der Waals surface area contributed by atoms with Gasteiger partial charge in [-0.2, -0.15) is 0 Å². The highest BCUT2D eigenvalue weighted by molar-refractivity contribution is 5.76. The topological polar surface area (TPSA) is 69.1 Å². The Bertz CT molecular complexity index is 345. The zero-order valence-electron chi connectivity index (χ0n) is 7.94. The van der Waals surface area contributed by atoms with Crippen LogP contribution in [0, 0.1) is 0 Å². The molecule has 3 nitrogen and oxygen atoms in total. The second-order valence-electron chi connectivity index (χ2n) is 3.02. The van der Waals surface area contributed by atoms with Crippen molar-refractivity contribution < 1.29 is 4.79 Å². The van der Waals surface area contributed by atoms with E-state index in [-0.39, 0.29) is 12.3 Å². The molecule has 0 aromatic heterocycles. The van der Waals surface area contributed by atoms with Gasteiger partial charge < -0.3 is 11.5 Å². The predicted molar refractivity (Wildman–Crippen MR) is 57.2 cm³/mol. The number of hydrogen-bond donors (Lipinski definition) is 2. The van der Waals surface area contributed by atoms with E-state index in [1.165, 1.54) is 0 Å². The van der Waals surface area contributed by atoms with Gasteiger partial charge in [0, 0.05) is 13.0 Å². The fraction of sp³-hybridized carbons (Fsp3) is 0.182. The molecule has 74 valence electrons. The standard InChI is InChI=1S/C11H14N2O/c12-8-10-5-1-3-9(7-10)4-2-6-11(13)14/h1-5,7H,6,8,12H2,(H2,13,14). The summed E-state index contributed by atoms with van der Waals surface area (Å²) in [6, 6.07) is 7.84. The van der Waals surface area contributed by atoms with Crippen LogP contribution in [-0.2, 0) is 11.3 Å². The van der Waals surface area contributed by atoms with Crippen LogP contribution in [0.1, 0.15) is 17.5 Å². The lowest BCUT2D eigenvalue weighted by Crippen LogP contribution is -2.07. The highest BCUT2D eigenvalue weighted by Gasteiger charge is 1.91. The lowest BCUT2D eigenvalue weighted by atomic mass is 10.1. The number of carbonyl (C=O) groups excluding carboxylic acids is 1. The van der Waals surface area contributed by atoms with Crippen LogP contribution in [0.2, 0.25) is 0 Å². The zero-order chi connectivity index (χ0) is 10.4. The molecule has 0 spiro atoms. The zero-order valence-corrected chi connectivity index (χ0v) is 7.94. The van der Waals surface area contributed by atoms with Crippen LogP contribution in [0.15, 0.2) is 30.3 Å². The quantitative estimate of drug-likeness (QED) is 0.744. The summed E-state index contributed by atoms with van der Waals surface area (Å²) in [5.74, 6) is -0.323. The molecular formula is C11H14N2O. The average molecular weight is 190 g/mol. The van der Waals surface area contributed by atoms with Crippen LogP contribution < -0.4 is 11.5 Å². The second-order valence-corrected chi connectivity index (χ2v) is 3.02. The minimum absolute atomic E-state index is 0.271. The van der Waals surface area contributed by atoms with Gasteiger partial charge in [-0.1, -0.05) is 36.4 Å². The molecule has 0 bridgehead atoms. The van der Waals surface area contributed by atoms with Crippen molar-refractivity contribution >= 4 is 12.0 Å². The summed E-state index contributed by atoms with van der Waals surface area (Å²) in [5, 5.41) is 0. The number of primary amides is 1. The van der Waals surface area contributed by atoms with E-state index >= 15 is 0 Å². The molecule has 1 aromatic carbocycles. The maximum absolute atomic E-state index is 10.5. The van der Waals surface area contributed by atoms with Crippen molar-refractivity contribution in [2.45, 2.75) is 13.0 Å². The minimum Gasteiger partial charge on any atom is -0.369 e. The minimum atomic E-state index is -0.323. The number of hydrogen-bond acceptors (Lipinski definition) is 2. The number of rotatable bonds is 4. The molecule has 0 heterocycles. The van der Waals surface area contributed by atoms with Gasteiger partial charge >= 0.3 is 0 Å². The highest BCUT2D eigenvalue weighted by atomic mass is 16.1. The van der Waals surface area contributed by atoms with Crippen molar-refractivity contribution in [3.05, 3.63) is 41.5 Å². The molecule has 14 heavy (non-hydrogen) atoms. The van der Waals surface area contributed by atoms with E-state index in [2.05, 4.69) is 0 Å². The molecule has 1 aromatic rings. The van der Waals surface area contributed by atoms with Crippen molar-refractivity contribution in [2.24, 2.45) is 11.5 Å². The van der Waals surface area contributed by atoms with Crippen LogP contribution >= 0.6 is 0 Å². The average Bonchev–Trinajstić information content (AvgIpc) is 2.18. The van der Waals surface area contributed by atoms with Gasteiger partial charge in [-0.05, 0) is 11.1 Å². The van der Waals surface area contributed by atoms with E-state index in [1.54, 1.807) is 6.08 Å². The Kier molecular flexibility index (Phi) is 3.88. The summed E-state index contributed by atoms with van der Waals surface area (Å²) in [7, 11) is 0. The molecule has 0 fully saturated rings. The Morgan fingerprint density at radius 2 is 2.21 bits per heavy atom. The summed E-state index contributed by atoms with van der Waals surface area (Å²) in [6.45, 7) is 0.525. The van der Waals surface area contributed by atoms with Crippen LogP contribution in [0.25, 0.3) is 6.08 Å². The monoisotopic (exact) mass is 190 g/mol. The molecule has 0 atom stereocenters. The Labute approximate surface area is 83.4 Å². The first-order chi connectivity index (χ1) is 6.72. The van der Waals surface area contributed by atoms with Crippen LogP contribution in [0.5, 0.6) is 0 Å². The third kappa shape index (κ3) is 3.41. The lowest BCUT2D eigenvalue weighted by molar-refractivity contribution is -0.117. The van der Waals surface area contributed by atoms with Gasteiger partial charge in [0.2, 0.25) is 5.91 Å². The summed E-state index contributed by atoms with van der Waals surface area (Å²) in [5.41, 5.74) is 12.6. The van der Waals surface area contributed by atoms with Crippen molar-refractivity contribution in [1.29, 1.82) is 0 Å². The first-order valence-electron chi connectivity index (χ1n) is 4.46. The van der Waals surface area contributed by atoms with Crippen molar-refractivity contribution in [3.8, 4) is 0 Å². The van der Waals surface area contributed by atoms with Crippen LogP contribution in [0.3, 0.4) is 0 Å². The normalized spacial score (nSPS) is 10.6.